The number of hydrogen-bond donors (Lipinski definition) is 1. The first-order valence-corrected chi connectivity index (χ1v) is 8.23. The highest BCUT2D eigenvalue weighted by Crippen LogP contribution is 2.17. The van der Waals surface area contributed by atoms with Crippen molar-refractivity contribution in [3.8, 4) is 0 Å². The Morgan fingerprint density at radius 3 is 2.91 bits per heavy atom. The van der Waals surface area contributed by atoms with Crippen LogP contribution in [0.5, 0.6) is 0 Å². The molecule has 22 heavy (non-hydrogen) atoms. The zero-order valence-corrected chi connectivity index (χ0v) is 13.8. The predicted molar refractivity (Wildman–Crippen MR) is 88.0 cm³/mol. The van der Waals surface area contributed by atoms with E-state index in [4.69, 9.17) is 11.6 Å². The molecule has 1 fully saturated rings. The minimum Gasteiger partial charge on any atom is -0.356 e. The van der Waals surface area contributed by atoms with Crippen molar-refractivity contribution >= 4 is 23.4 Å². The van der Waals surface area contributed by atoms with Gasteiger partial charge in [-0.2, -0.15) is 0 Å². The van der Waals surface area contributed by atoms with Gasteiger partial charge in [0.05, 0.1) is 0 Å². The molecule has 1 heterocycles. The van der Waals surface area contributed by atoms with Gasteiger partial charge in [-0.1, -0.05) is 23.7 Å². The second-order valence-electron chi connectivity index (χ2n) is 5.77. The van der Waals surface area contributed by atoms with Crippen LogP contribution in [0.25, 0.3) is 0 Å². The SMILES string of the molecule is Cc1ccc(CCC(=O)NCCCN2CCCC2=O)cc1Cl. The van der Waals surface area contributed by atoms with Crippen LogP contribution in [0.15, 0.2) is 18.2 Å². The van der Waals surface area contributed by atoms with Gasteiger partial charge in [0.15, 0.2) is 0 Å². The van der Waals surface area contributed by atoms with Gasteiger partial charge in [-0.05, 0) is 43.4 Å². The first-order chi connectivity index (χ1) is 10.6. The molecule has 0 atom stereocenters. The number of halogens is 1. The third-order valence-corrected chi connectivity index (χ3v) is 4.38. The van der Waals surface area contributed by atoms with Crippen LogP contribution in [-0.4, -0.2) is 36.3 Å². The number of amides is 2. The first kappa shape index (κ1) is 16.8. The Bertz CT molecular complexity index is 545. The Balaban J connectivity index is 1.61. The smallest absolute Gasteiger partial charge is 0.222 e. The molecule has 1 aliphatic rings. The van der Waals surface area contributed by atoms with E-state index in [0.717, 1.165) is 42.1 Å². The molecule has 0 unspecified atom stereocenters. The van der Waals surface area contributed by atoms with E-state index in [-0.39, 0.29) is 11.8 Å². The van der Waals surface area contributed by atoms with Crippen molar-refractivity contribution in [3.63, 3.8) is 0 Å². The van der Waals surface area contributed by atoms with Crippen molar-refractivity contribution in [2.75, 3.05) is 19.6 Å². The molecular formula is C17H23ClN2O2. The van der Waals surface area contributed by atoms with E-state index in [0.29, 0.717) is 25.8 Å². The zero-order chi connectivity index (χ0) is 15.9. The molecule has 120 valence electrons. The second kappa shape index (κ2) is 8.18. The maximum Gasteiger partial charge on any atom is 0.222 e. The number of likely N-dealkylation sites (tertiary alicyclic amines) is 1. The van der Waals surface area contributed by atoms with E-state index < -0.39 is 0 Å². The third-order valence-electron chi connectivity index (χ3n) is 3.98. The number of rotatable bonds is 7. The number of nitrogens with zero attached hydrogens (tertiary/aromatic N) is 1. The number of nitrogens with one attached hydrogen (secondary N) is 1. The molecule has 0 bridgehead atoms. The standard InChI is InChI=1S/C17H23ClN2O2/c1-13-5-6-14(12-15(13)18)7-8-16(21)19-9-3-11-20-10-2-4-17(20)22/h5-6,12H,2-4,7-11H2,1H3,(H,19,21). The maximum atomic E-state index is 11.8. The zero-order valence-electron chi connectivity index (χ0n) is 13.0. The van der Waals surface area contributed by atoms with E-state index >= 15 is 0 Å². The summed E-state index contributed by atoms with van der Waals surface area (Å²) in [7, 11) is 0. The molecule has 5 heteroatoms. The summed E-state index contributed by atoms with van der Waals surface area (Å²) >= 11 is 6.07. The maximum absolute atomic E-state index is 11.8. The summed E-state index contributed by atoms with van der Waals surface area (Å²) < 4.78 is 0. The molecule has 0 aromatic heterocycles. The molecule has 2 rings (SSSR count). The number of benzene rings is 1. The molecule has 2 amide bonds. The minimum absolute atomic E-state index is 0.0458. The highest BCUT2D eigenvalue weighted by molar-refractivity contribution is 6.31. The average molecular weight is 323 g/mol. The van der Waals surface area contributed by atoms with Gasteiger partial charge >= 0.3 is 0 Å². The summed E-state index contributed by atoms with van der Waals surface area (Å²) in [5.41, 5.74) is 2.12. The molecule has 4 nitrogen and oxygen atoms in total. The third kappa shape index (κ3) is 5.02. The van der Waals surface area contributed by atoms with Crippen LogP contribution < -0.4 is 5.32 Å². The minimum atomic E-state index is 0.0458. The number of aryl methyl sites for hydroxylation is 2. The highest BCUT2D eigenvalue weighted by Gasteiger charge is 2.18. The number of carbonyl (C=O) groups is 2. The molecule has 0 radical (unpaired) electrons. The van der Waals surface area contributed by atoms with Crippen molar-refractivity contribution in [2.24, 2.45) is 0 Å². The average Bonchev–Trinajstić information content (AvgIpc) is 2.90. The molecule has 1 aromatic rings. The van der Waals surface area contributed by atoms with Crippen LogP contribution in [0.3, 0.4) is 0 Å². The van der Waals surface area contributed by atoms with Crippen molar-refractivity contribution in [3.05, 3.63) is 34.3 Å². The van der Waals surface area contributed by atoms with Gasteiger partial charge in [0.1, 0.15) is 0 Å². The largest absolute Gasteiger partial charge is 0.356 e. The number of hydrogen-bond acceptors (Lipinski definition) is 2. The lowest BCUT2D eigenvalue weighted by Gasteiger charge is -2.15. The molecule has 1 N–H and O–H groups in total. The molecule has 1 aromatic carbocycles. The van der Waals surface area contributed by atoms with Crippen LogP contribution in [-0.2, 0) is 16.0 Å². The normalized spacial score (nSPS) is 14.5. The lowest BCUT2D eigenvalue weighted by Crippen LogP contribution is -2.30. The molecule has 0 spiro atoms. The van der Waals surface area contributed by atoms with Gasteiger partial charge in [0, 0.05) is 37.5 Å². The summed E-state index contributed by atoms with van der Waals surface area (Å²) in [5, 5.41) is 3.65. The summed E-state index contributed by atoms with van der Waals surface area (Å²) in [6.45, 7) is 4.19. The van der Waals surface area contributed by atoms with E-state index in [1.54, 1.807) is 0 Å². The fourth-order valence-electron chi connectivity index (χ4n) is 2.58. The monoisotopic (exact) mass is 322 g/mol. The Kier molecular flexibility index (Phi) is 6.25. The van der Waals surface area contributed by atoms with Crippen LogP contribution in [0.2, 0.25) is 5.02 Å². The first-order valence-electron chi connectivity index (χ1n) is 7.86. The topological polar surface area (TPSA) is 49.4 Å². The second-order valence-corrected chi connectivity index (χ2v) is 6.18. The Labute approximate surface area is 136 Å². The Morgan fingerprint density at radius 2 is 2.23 bits per heavy atom. The molecule has 1 aliphatic heterocycles. The predicted octanol–water partition coefficient (Wildman–Crippen LogP) is 2.71. The van der Waals surface area contributed by atoms with Crippen LogP contribution >= 0.6 is 11.6 Å². The Hall–Kier alpha value is -1.55. The van der Waals surface area contributed by atoms with E-state index in [9.17, 15) is 9.59 Å². The summed E-state index contributed by atoms with van der Waals surface area (Å²) in [5.74, 6) is 0.284. The quantitative estimate of drug-likeness (QED) is 0.785. The van der Waals surface area contributed by atoms with Crippen LogP contribution in [0, 0.1) is 6.92 Å². The Morgan fingerprint density at radius 1 is 1.41 bits per heavy atom. The van der Waals surface area contributed by atoms with Gasteiger partial charge in [0.25, 0.3) is 0 Å². The molecular weight excluding hydrogens is 300 g/mol. The fraction of sp³-hybridized carbons (Fsp3) is 0.529. The molecule has 1 saturated heterocycles. The van der Waals surface area contributed by atoms with Gasteiger partial charge in [0.2, 0.25) is 11.8 Å². The van der Waals surface area contributed by atoms with Gasteiger partial charge in [-0.25, -0.2) is 0 Å². The summed E-state index contributed by atoms with van der Waals surface area (Å²) in [6, 6.07) is 5.90. The van der Waals surface area contributed by atoms with Crippen LogP contribution in [0.4, 0.5) is 0 Å². The van der Waals surface area contributed by atoms with E-state index in [1.807, 2.05) is 30.0 Å². The molecule has 0 saturated carbocycles. The summed E-state index contributed by atoms with van der Waals surface area (Å²) in [4.78, 5) is 25.1. The fourth-order valence-corrected chi connectivity index (χ4v) is 2.78. The van der Waals surface area contributed by atoms with Gasteiger partial charge in [-0.15, -0.1) is 0 Å². The van der Waals surface area contributed by atoms with Gasteiger partial charge < -0.3 is 10.2 Å². The molecule has 0 aliphatic carbocycles. The number of carbonyl (C=O) groups excluding carboxylic acids is 2. The van der Waals surface area contributed by atoms with Crippen molar-refractivity contribution in [1.29, 1.82) is 0 Å². The lowest BCUT2D eigenvalue weighted by atomic mass is 10.1. The highest BCUT2D eigenvalue weighted by atomic mass is 35.5. The van der Waals surface area contributed by atoms with Crippen molar-refractivity contribution < 1.29 is 9.59 Å². The van der Waals surface area contributed by atoms with E-state index in [2.05, 4.69) is 5.32 Å². The van der Waals surface area contributed by atoms with Crippen molar-refractivity contribution in [1.82, 2.24) is 10.2 Å². The van der Waals surface area contributed by atoms with Crippen LogP contribution in [0.1, 0.15) is 36.8 Å². The summed E-state index contributed by atoms with van der Waals surface area (Å²) in [6.07, 6.45) is 3.60. The lowest BCUT2D eigenvalue weighted by molar-refractivity contribution is -0.127. The van der Waals surface area contributed by atoms with Gasteiger partial charge in [-0.3, -0.25) is 9.59 Å². The van der Waals surface area contributed by atoms with E-state index in [1.165, 1.54) is 0 Å². The van der Waals surface area contributed by atoms with Crippen molar-refractivity contribution in [2.45, 2.75) is 39.0 Å².